The first-order valence-corrected chi connectivity index (χ1v) is 7.55. The Hall–Kier alpha value is -1.23. The molecule has 1 unspecified atom stereocenters. The van der Waals surface area contributed by atoms with Crippen molar-refractivity contribution in [2.75, 3.05) is 11.9 Å². The SMILES string of the molecule is FC(F)(F)c1cccc(NC2CCOC3(CCCC3)C2)c1. The standard InChI is InChI=1S/C16H20F3NO/c17-16(18,19)12-4-3-5-13(10-12)20-14-6-9-21-15(11-14)7-1-2-8-15/h3-5,10,14,20H,1-2,6-9,11H2. The third-order valence-corrected chi connectivity index (χ3v) is 4.57. The second-order valence-corrected chi connectivity index (χ2v) is 6.15. The van der Waals surface area contributed by atoms with Gasteiger partial charge in [-0.2, -0.15) is 13.2 Å². The Kier molecular flexibility index (Phi) is 3.86. The predicted molar refractivity (Wildman–Crippen MR) is 75.2 cm³/mol. The summed E-state index contributed by atoms with van der Waals surface area (Å²) in [5.41, 5.74) is -0.0857. The molecule has 116 valence electrons. The van der Waals surface area contributed by atoms with Gasteiger partial charge in [-0.25, -0.2) is 0 Å². The van der Waals surface area contributed by atoms with Gasteiger partial charge in [0, 0.05) is 18.3 Å². The number of benzene rings is 1. The number of nitrogens with one attached hydrogen (secondary N) is 1. The molecule has 1 aromatic carbocycles. The van der Waals surface area contributed by atoms with Crippen LogP contribution in [-0.4, -0.2) is 18.2 Å². The maximum absolute atomic E-state index is 12.7. The summed E-state index contributed by atoms with van der Waals surface area (Å²) in [6.07, 6.45) is 1.98. The first-order chi connectivity index (χ1) is 9.97. The molecule has 1 heterocycles. The second kappa shape index (κ2) is 5.52. The van der Waals surface area contributed by atoms with Gasteiger partial charge in [0.15, 0.2) is 0 Å². The Labute approximate surface area is 122 Å². The van der Waals surface area contributed by atoms with Crippen molar-refractivity contribution in [3.05, 3.63) is 29.8 Å². The van der Waals surface area contributed by atoms with Gasteiger partial charge in [0.25, 0.3) is 0 Å². The predicted octanol–water partition coefficient (Wildman–Crippen LogP) is 4.61. The molecular formula is C16H20F3NO. The number of anilines is 1. The zero-order chi connectivity index (χ0) is 14.9. The number of halogens is 3. The smallest absolute Gasteiger partial charge is 0.382 e. The fourth-order valence-corrected chi connectivity index (χ4v) is 3.54. The van der Waals surface area contributed by atoms with Gasteiger partial charge in [0.05, 0.1) is 11.2 Å². The van der Waals surface area contributed by atoms with Crippen LogP contribution in [0.3, 0.4) is 0 Å². The van der Waals surface area contributed by atoms with Crippen LogP contribution in [0.5, 0.6) is 0 Å². The van der Waals surface area contributed by atoms with Crippen molar-refractivity contribution in [3.63, 3.8) is 0 Å². The largest absolute Gasteiger partial charge is 0.416 e. The number of hydrogen-bond acceptors (Lipinski definition) is 2. The van der Waals surface area contributed by atoms with Crippen LogP contribution in [0.25, 0.3) is 0 Å². The molecule has 1 saturated carbocycles. The van der Waals surface area contributed by atoms with Crippen LogP contribution >= 0.6 is 0 Å². The third-order valence-electron chi connectivity index (χ3n) is 4.57. The van der Waals surface area contributed by atoms with Crippen molar-refractivity contribution in [1.82, 2.24) is 0 Å². The van der Waals surface area contributed by atoms with Gasteiger partial charge >= 0.3 is 6.18 Å². The lowest BCUT2D eigenvalue weighted by atomic mass is 9.89. The van der Waals surface area contributed by atoms with Crippen LogP contribution in [0.4, 0.5) is 18.9 Å². The molecule has 1 atom stereocenters. The zero-order valence-electron chi connectivity index (χ0n) is 11.9. The second-order valence-electron chi connectivity index (χ2n) is 6.15. The van der Waals surface area contributed by atoms with Crippen LogP contribution in [0.1, 0.15) is 44.1 Å². The molecule has 2 fully saturated rings. The molecule has 21 heavy (non-hydrogen) atoms. The monoisotopic (exact) mass is 299 g/mol. The van der Waals surface area contributed by atoms with Gasteiger partial charge in [0.2, 0.25) is 0 Å². The lowest BCUT2D eigenvalue weighted by Gasteiger charge is -2.39. The highest BCUT2D eigenvalue weighted by atomic mass is 19.4. The molecule has 1 aromatic rings. The molecule has 1 saturated heterocycles. The molecule has 2 nitrogen and oxygen atoms in total. The van der Waals surface area contributed by atoms with Crippen molar-refractivity contribution in [1.29, 1.82) is 0 Å². The number of rotatable bonds is 2. The molecule has 1 aliphatic carbocycles. The summed E-state index contributed by atoms with van der Waals surface area (Å²) in [4.78, 5) is 0. The molecule has 1 aliphatic heterocycles. The molecule has 1 N–H and O–H groups in total. The van der Waals surface area contributed by atoms with Gasteiger partial charge in [-0.3, -0.25) is 0 Å². The highest BCUT2D eigenvalue weighted by Crippen LogP contribution is 2.40. The highest BCUT2D eigenvalue weighted by molar-refractivity contribution is 5.47. The van der Waals surface area contributed by atoms with E-state index >= 15 is 0 Å². The van der Waals surface area contributed by atoms with E-state index in [0.29, 0.717) is 12.3 Å². The summed E-state index contributed by atoms with van der Waals surface area (Å²) >= 11 is 0. The van der Waals surface area contributed by atoms with Crippen molar-refractivity contribution in [2.45, 2.75) is 56.3 Å². The summed E-state index contributed by atoms with van der Waals surface area (Å²) in [6, 6.07) is 5.65. The van der Waals surface area contributed by atoms with Crippen molar-refractivity contribution < 1.29 is 17.9 Å². The zero-order valence-corrected chi connectivity index (χ0v) is 11.9. The number of hydrogen-bond donors (Lipinski definition) is 1. The van der Waals surface area contributed by atoms with E-state index in [1.807, 2.05) is 0 Å². The van der Waals surface area contributed by atoms with E-state index in [9.17, 15) is 13.2 Å². The average molecular weight is 299 g/mol. The Balaban J connectivity index is 1.69. The van der Waals surface area contributed by atoms with Crippen LogP contribution in [0, 0.1) is 0 Å². The molecular weight excluding hydrogens is 279 g/mol. The topological polar surface area (TPSA) is 21.3 Å². The fraction of sp³-hybridized carbons (Fsp3) is 0.625. The molecule has 1 spiro atoms. The summed E-state index contributed by atoms with van der Waals surface area (Å²) in [5, 5.41) is 3.26. The Morgan fingerprint density at radius 1 is 1.19 bits per heavy atom. The maximum Gasteiger partial charge on any atom is 0.416 e. The van der Waals surface area contributed by atoms with Crippen LogP contribution < -0.4 is 5.32 Å². The number of alkyl halides is 3. The van der Waals surface area contributed by atoms with Gasteiger partial charge < -0.3 is 10.1 Å². The van der Waals surface area contributed by atoms with E-state index in [4.69, 9.17) is 4.74 Å². The maximum atomic E-state index is 12.7. The Bertz CT molecular complexity index is 495. The van der Waals surface area contributed by atoms with E-state index in [-0.39, 0.29) is 11.6 Å². The van der Waals surface area contributed by atoms with Crippen molar-refractivity contribution in [2.24, 2.45) is 0 Å². The van der Waals surface area contributed by atoms with Crippen molar-refractivity contribution in [3.8, 4) is 0 Å². The van der Waals surface area contributed by atoms with Gasteiger partial charge in [-0.05, 0) is 43.9 Å². The first kappa shape index (κ1) is 14.7. The van der Waals surface area contributed by atoms with E-state index in [2.05, 4.69) is 5.32 Å². The van der Waals surface area contributed by atoms with Crippen LogP contribution in [0.2, 0.25) is 0 Å². The molecule has 0 radical (unpaired) electrons. The molecule has 5 heteroatoms. The van der Waals surface area contributed by atoms with Crippen LogP contribution in [-0.2, 0) is 10.9 Å². The molecule has 0 bridgehead atoms. The van der Waals surface area contributed by atoms with Gasteiger partial charge in [-0.1, -0.05) is 18.9 Å². The van der Waals surface area contributed by atoms with E-state index in [1.165, 1.54) is 25.0 Å². The van der Waals surface area contributed by atoms with Gasteiger partial charge in [-0.15, -0.1) is 0 Å². The normalized spacial score (nSPS) is 25.2. The minimum Gasteiger partial charge on any atom is -0.382 e. The molecule has 2 aliphatic rings. The summed E-state index contributed by atoms with van der Waals surface area (Å²) in [7, 11) is 0. The quantitative estimate of drug-likeness (QED) is 0.861. The molecule has 0 aromatic heterocycles. The summed E-state index contributed by atoms with van der Waals surface area (Å²) in [5.74, 6) is 0. The first-order valence-electron chi connectivity index (χ1n) is 7.55. The van der Waals surface area contributed by atoms with Crippen LogP contribution in [0.15, 0.2) is 24.3 Å². The third kappa shape index (κ3) is 3.34. The lowest BCUT2D eigenvalue weighted by molar-refractivity contribution is -0.137. The average Bonchev–Trinajstić information content (AvgIpc) is 2.86. The number of ether oxygens (including phenoxy) is 1. The molecule has 3 rings (SSSR count). The minimum atomic E-state index is -4.29. The van der Waals surface area contributed by atoms with E-state index in [0.717, 1.165) is 31.7 Å². The summed E-state index contributed by atoms with van der Waals surface area (Å²) in [6.45, 7) is 0.691. The minimum absolute atomic E-state index is 0.0302. The highest BCUT2D eigenvalue weighted by Gasteiger charge is 2.40. The lowest BCUT2D eigenvalue weighted by Crippen LogP contribution is -2.42. The summed E-state index contributed by atoms with van der Waals surface area (Å²) < 4.78 is 44.2. The van der Waals surface area contributed by atoms with Gasteiger partial charge in [0.1, 0.15) is 0 Å². The fourth-order valence-electron chi connectivity index (χ4n) is 3.54. The molecule has 0 amide bonds. The van der Waals surface area contributed by atoms with E-state index < -0.39 is 11.7 Å². The van der Waals surface area contributed by atoms with E-state index in [1.54, 1.807) is 6.07 Å². The Morgan fingerprint density at radius 2 is 1.95 bits per heavy atom. The van der Waals surface area contributed by atoms with Crippen molar-refractivity contribution >= 4 is 5.69 Å². The Morgan fingerprint density at radius 3 is 2.67 bits per heavy atom.